The number of hydrogen-bond donors (Lipinski definition) is 0. The standard InChI is InChI=1S/C34H38Cl2N4O3/c1-6-43-27-15-16-28(29(21-27)34(3,4)5)32-37-30(23-7-11-25(35)12-8-23)31(24-9-13-26(36)14-10-24)40(32)33(42)39-19-17-38(18-20-39)22(2)41/h7-16,21,30-31H,6,17-20H2,1-5H3/t30-,31+/m0/s1. The number of carbonyl (C=O) groups excluding carboxylic acids is 2. The molecule has 1 saturated heterocycles. The molecule has 2 heterocycles. The summed E-state index contributed by atoms with van der Waals surface area (Å²) >= 11 is 12.6. The maximum atomic E-state index is 14.7. The van der Waals surface area contributed by atoms with Crippen molar-refractivity contribution in [2.24, 2.45) is 4.99 Å². The predicted molar refractivity (Wildman–Crippen MR) is 172 cm³/mol. The van der Waals surface area contributed by atoms with Crippen LogP contribution in [0.5, 0.6) is 5.75 Å². The zero-order chi connectivity index (χ0) is 30.9. The van der Waals surface area contributed by atoms with Crippen molar-refractivity contribution in [2.45, 2.75) is 52.1 Å². The van der Waals surface area contributed by atoms with E-state index in [2.05, 4.69) is 26.8 Å². The first kappa shape index (κ1) is 30.9. The van der Waals surface area contributed by atoms with Crippen LogP contribution in [0.25, 0.3) is 0 Å². The summed E-state index contributed by atoms with van der Waals surface area (Å²) < 4.78 is 5.88. The van der Waals surface area contributed by atoms with E-state index in [4.69, 9.17) is 32.9 Å². The molecule has 2 aliphatic heterocycles. The minimum Gasteiger partial charge on any atom is -0.494 e. The van der Waals surface area contributed by atoms with Crippen molar-refractivity contribution >= 4 is 41.0 Å². The van der Waals surface area contributed by atoms with Crippen LogP contribution in [0.2, 0.25) is 10.0 Å². The summed E-state index contributed by atoms with van der Waals surface area (Å²) in [4.78, 5) is 37.5. The SMILES string of the molecule is CCOc1ccc(C2=N[C@@H](c3ccc(Cl)cc3)[C@@H](c3ccc(Cl)cc3)N2C(=O)N2CCN(C(C)=O)CC2)c(C(C)(C)C)c1. The lowest BCUT2D eigenvalue weighted by Crippen LogP contribution is -2.55. The molecule has 3 amide bonds. The lowest BCUT2D eigenvalue weighted by molar-refractivity contribution is -0.130. The van der Waals surface area contributed by atoms with E-state index in [0.717, 1.165) is 28.0 Å². The Labute approximate surface area is 264 Å². The van der Waals surface area contributed by atoms with Crippen molar-refractivity contribution in [3.8, 4) is 5.75 Å². The summed E-state index contributed by atoms with van der Waals surface area (Å²) in [6, 6.07) is 20.3. The van der Waals surface area contributed by atoms with Gasteiger partial charge in [0.25, 0.3) is 0 Å². The lowest BCUT2D eigenvalue weighted by atomic mass is 9.83. The van der Waals surface area contributed by atoms with Gasteiger partial charge in [0.15, 0.2) is 0 Å². The van der Waals surface area contributed by atoms with Crippen LogP contribution in [-0.2, 0) is 10.2 Å². The number of halogens is 2. The third kappa shape index (κ3) is 6.53. The van der Waals surface area contributed by atoms with Gasteiger partial charge in [0.05, 0.1) is 12.6 Å². The Kier molecular flexibility index (Phi) is 9.04. The normalized spacial score (nSPS) is 19.0. The first-order chi connectivity index (χ1) is 20.5. The number of amidine groups is 1. The maximum Gasteiger partial charge on any atom is 0.326 e. The molecular formula is C34H38Cl2N4O3. The maximum absolute atomic E-state index is 14.7. The minimum absolute atomic E-state index is 0.0153. The molecule has 0 saturated carbocycles. The van der Waals surface area contributed by atoms with Gasteiger partial charge in [0.2, 0.25) is 5.91 Å². The van der Waals surface area contributed by atoms with Gasteiger partial charge in [0.1, 0.15) is 17.6 Å². The highest BCUT2D eigenvalue weighted by Crippen LogP contribution is 2.46. The number of piperazine rings is 1. The minimum atomic E-state index is -0.439. The molecule has 226 valence electrons. The van der Waals surface area contributed by atoms with E-state index in [1.54, 1.807) is 11.8 Å². The topological polar surface area (TPSA) is 65.5 Å². The molecule has 0 aromatic heterocycles. The van der Waals surface area contributed by atoms with Gasteiger partial charge in [-0.05, 0) is 71.5 Å². The molecule has 9 heteroatoms. The molecule has 43 heavy (non-hydrogen) atoms. The number of carbonyl (C=O) groups is 2. The first-order valence-corrected chi connectivity index (χ1v) is 15.4. The highest BCUT2D eigenvalue weighted by molar-refractivity contribution is 6.30. The number of amides is 3. The fraction of sp³-hybridized carbons (Fsp3) is 0.382. The first-order valence-electron chi connectivity index (χ1n) is 14.7. The van der Waals surface area contributed by atoms with E-state index in [0.29, 0.717) is 48.7 Å². The van der Waals surface area contributed by atoms with Crippen LogP contribution in [0, 0.1) is 0 Å². The van der Waals surface area contributed by atoms with Gasteiger partial charge in [0, 0.05) is 48.7 Å². The van der Waals surface area contributed by atoms with E-state index in [1.165, 1.54) is 0 Å². The highest BCUT2D eigenvalue weighted by atomic mass is 35.5. The summed E-state index contributed by atoms with van der Waals surface area (Å²) in [6.07, 6.45) is 0. The van der Waals surface area contributed by atoms with Crippen LogP contribution < -0.4 is 4.74 Å². The second kappa shape index (κ2) is 12.6. The van der Waals surface area contributed by atoms with Crippen molar-refractivity contribution in [3.05, 3.63) is 99.0 Å². The van der Waals surface area contributed by atoms with Crippen molar-refractivity contribution in [3.63, 3.8) is 0 Å². The summed E-state index contributed by atoms with van der Waals surface area (Å²) in [6.45, 7) is 12.4. The molecule has 2 aliphatic rings. The zero-order valence-corrected chi connectivity index (χ0v) is 26.8. The molecule has 0 bridgehead atoms. The van der Waals surface area contributed by atoms with Crippen LogP contribution in [0.1, 0.15) is 69.0 Å². The van der Waals surface area contributed by atoms with Crippen LogP contribution >= 0.6 is 23.2 Å². The summed E-state index contributed by atoms with van der Waals surface area (Å²) in [5.41, 5.74) is 3.51. The number of hydrogen-bond acceptors (Lipinski definition) is 4. The average Bonchev–Trinajstić information content (AvgIpc) is 3.37. The van der Waals surface area contributed by atoms with E-state index < -0.39 is 12.1 Å². The zero-order valence-electron chi connectivity index (χ0n) is 25.3. The molecule has 5 rings (SSSR count). The van der Waals surface area contributed by atoms with Crippen LogP contribution in [0.3, 0.4) is 0 Å². The summed E-state index contributed by atoms with van der Waals surface area (Å²) in [7, 11) is 0. The number of urea groups is 1. The Balaban J connectivity index is 1.69. The smallest absolute Gasteiger partial charge is 0.326 e. The van der Waals surface area contributed by atoms with Crippen LogP contribution in [0.15, 0.2) is 71.7 Å². The molecule has 3 aromatic carbocycles. The molecular weight excluding hydrogens is 583 g/mol. The van der Waals surface area contributed by atoms with Gasteiger partial charge in [-0.15, -0.1) is 0 Å². The number of benzene rings is 3. The third-order valence-electron chi connectivity index (χ3n) is 8.04. The third-order valence-corrected chi connectivity index (χ3v) is 8.55. The second-order valence-electron chi connectivity index (χ2n) is 12.0. The monoisotopic (exact) mass is 620 g/mol. The number of nitrogens with zero attached hydrogens (tertiary/aromatic N) is 4. The van der Waals surface area contributed by atoms with E-state index in [9.17, 15) is 9.59 Å². The number of aliphatic imine (C=N–C) groups is 1. The molecule has 0 radical (unpaired) electrons. The van der Waals surface area contributed by atoms with Crippen molar-refractivity contribution in [1.82, 2.24) is 14.7 Å². The largest absolute Gasteiger partial charge is 0.494 e. The fourth-order valence-corrected chi connectivity index (χ4v) is 6.07. The summed E-state index contributed by atoms with van der Waals surface area (Å²) in [5.74, 6) is 1.39. The van der Waals surface area contributed by atoms with Crippen LogP contribution in [-0.4, -0.2) is 65.3 Å². The molecule has 3 aromatic rings. The Hall–Kier alpha value is -3.55. The Morgan fingerprint density at radius 3 is 1.95 bits per heavy atom. The Morgan fingerprint density at radius 2 is 1.42 bits per heavy atom. The van der Waals surface area contributed by atoms with Gasteiger partial charge < -0.3 is 14.5 Å². The average molecular weight is 622 g/mol. The molecule has 2 atom stereocenters. The second-order valence-corrected chi connectivity index (χ2v) is 12.9. The van der Waals surface area contributed by atoms with Gasteiger partial charge in [-0.3, -0.25) is 14.7 Å². The van der Waals surface area contributed by atoms with Crippen LogP contribution in [0.4, 0.5) is 4.79 Å². The fourth-order valence-electron chi connectivity index (χ4n) is 5.81. The van der Waals surface area contributed by atoms with Gasteiger partial charge in [-0.2, -0.15) is 0 Å². The van der Waals surface area contributed by atoms with Gasteiger partial charge in [-0.25, -0.2) is 4.79 Å². The van der Waals surface area contributed by atoms with Gasteiger partial charge in [-0.1, -0.05) is 68.2 Å². The Bertz CT molecular complexity index is 1510. The quantitative estimate of drug-likeness (QED) is 0.296. The number of rotatable bonds is 5. The van der Waals surface area contributed by atoms with E-state index >= 15 is 0 Å². The lowest BCUT2D eigenvalue weighted by Gasteiger charge is -2.39. The van der Waals surface area contributed by atoms with Gasteiger partial charge >= 0.3 is 6.03 Å². The van der Waals surface area contributed by atoms with Crippen molar-refractivity contribution in [1.29, 1.82) is 0 Å². The molecule has 1 fully saturated rings. The highest BCUT2D eigenvalue weighted by Gasteiger charge is 2.45. The number of ether oxygens (including phenoxy) is 1. The molecule has 0 spiro atoms. The van der Waals surface area contributed by atoms with E-state index in [-0.39, 0.29) is 17.4 Å². The molecule has 7 nitrogen and oxygen atoms in total. The summed E-state index contributed by atoms with van der Waals surface area (Å²) in [5, 5.41) is 1.25. The molecule has 0 N–H and O–H groups in total. The Morgan fingerprint density at radius 1 is 0.860 bits per heavy atom. The predicted octanol–water partition coefficient (Wildman–Crippen LogP) is 7.52. The van der Waals surface area contributed by atoms with Crippen molar-refractivity contribution in [2.75, 3.05) is 32.8 Å². The molecule has 0 aliphatic carbocycles. The van der Waals surface area contributed by atoms with Crippen molar-refractivity contribution < 1.29 is 14.3 Å². The molecule has 0 unspecified atom stereocenters. The van der Waals surface area contributed by atoms with E-state index in [1.807, 2.05) is 77.4 Å².